The number of nitrogens with two attached hydrogens (primary N) is 1. The van der Waals surface area contributed by atoms with Crippen LogP contribution in [0, 0.1) is 11.6 Å². The molecule has 0 aliphatic heterocycles. The first-order chi connectivity index (χ1) is 9.54. The van der Waals surface area contributed by atoms with Crippen LogP contribution in [-0.2, 0) is 6.42 Å². The molecule has 0 saturated heterocycles. The first-order valence-electron chi connectivity index (χ1n) is 6.11. The van der Waals surface area contributed by atoms with E-state index in [1.54, 1.807) is 12.1 Å². The van der Waals surface area contributed by atoms with Crippen molar-refractivity contribution in [2.75, 3.05) is 6.54 Å². The van der Waals surface area contributed by atoms with Crippen LogP contribution in [0.2, 0.25) is 5.02 Å². The lowest BCUT2D eigenvalue weighted by atomic mass is 9.91. The molecule has 2 aromatic rings. The zero-order valence-corrected chi connectivity index (χ0v) is 12.9. The molecule has 1 atom stereocenters. The van der Waals surface area contributed by atoms with E-state index in [1.807, 2.05) is 12.1 Å². The van der Waals surface area contributed by atoms with Crippen molar-refractivity contribution in [2.24, 2.45) is 5.73 Å². The Morgan fingerprint density at radius 3 is 2.50 bits per heavy atom. The van der Waals surface area contributed by atoms with Gasteiger partial charge in [-0.3, -0.25) is 0 Å². The summed E-state index contributed by atoms with van der Waals surface area (Å²) < 4.78 is 28.1. The van der Waals surface area contributed by atoms with Crippen LogP contribution in [0.15, 0.2) is 40.9 Å². The molecule has 0 bridgehead atoms. The van der Waals surface area contributed by atoms with Crippen molar-refractivity contribution < 1.29 is 8.78 Å². The Balaban J connectivity index is 2.37. The van der Waals surface area contributed by atoms with Crippen LogP contribution in [0.4, 0.5) is 8.78 Å². The van der Waals surface area contributed by atoms with Crippen LogP contribution in [-0.4, -0.2) is 6.54 Å². The Morgan fingerprint density at radius 1 is 1.15 bits per heavy atom. The van der Waals surface area contributed by atoms with Crippen LogP contribution >= 0.6 is 27.5 Å². The molecule has 1 unspecified atom stereocenters. The summed E-state index contributed by atoms with van der Waals surface area (Å²) in [5, 5.41) is 0.554. The van der Waals surface area contributed by atoms with Crippen molar-refractivity contribution in [1.29, 1.82) is 0 Å². The molecule has 0 fully saturated rings. The zero-order chi connectivity index (χ0) is 14.7. The number of hydrogen-bond acceptors (Lipinski definition) is 1. The average molecular weight is 361 g/mol. The molecule has 0 amide bonds. The summed E-state index contributed by atoms with van der Waals surface area (Å²) in [6.07, 6.45) is 0.164. The highest BCUT2D eigenvalue weighted by molar-refractivity contribution is 9.10. The maximum atomic E-state index is 14.0. The molecule has 2 rings (SSSR count). The molecule has 106 valence electrons. The van der Waals surface area contributed by atoms with E-state index in [2.05, 4.69) is 15.9 Å². The largest absolute Gasteiger partial charge is 0.330 e. The fourth-order valence-corrected chi connectivity index (χ4v) is 2.79. The molecule has 2 N–H and O–H groups in total. The summed E-state index contributed by atoms with van der Waals surface area (Å²) in [7, 11) is 0. The van der Waals surface area contributed by atoms with Gasteiger partial charge >= 0.3 is 0 Å². The molecule has 0 saturated carbocycles. The van der Waals surface area contributed by atoms with E-state index >= 15 is 0 Å². The molecule has 20 heavy (non-hydrogen) atoms. The summed E-state index contributed by atoms with van der Waals surface area (Å²) >= 11 is 9.19. The Morgan fingerprint density at radius 2 is 1.85 bits per heavy atom. The van der Waals surface area contributed by atoms with Crippen molar-refractivity contribution in [3.8, 4) is 0 Å². The Kier molecular flexibility index (Phi) is 5.13. The zero-order valence-electron chi connectivity index (χ0n) is 10.5. The summed E-state index contributed by atoms with van der Waals surface area (Å²) in [5.41, 5.74) is 6.57. The van der Waals surface area contributed by atoms with Crippen molar-refractivity contribution in [3.05, 3.63) is 68.7 Å². The predicted octanol–water partition coefficient (Wildman–Crippen LogP) is 4.67. The lowest BCUT2D eigenvalue weighted by molar-refractivity contribution is 0.534. The molecule has 0 spiro atoms. The molecule has 1 nitrogen and oxygen atoms in total. The number of rotatable bonds is 4. The summed E-state index contributed by atoms with van der Waals surface area (Å²) in [4.78, 5) is 0. The standard InChI is InChI=1S/C15H13BrClF2N/c16-12-5-6-14(18)11(15(12)19)7-9(8-20)10-3-1-2-4-13(10)17/h1-6,9H,7-8,20H2. The minimum Gasteiger partial charge on any atom is -0.330 e. The van der Waals surface area contributed by atoms with Crippen molar-refractivity contribution in [2.45, 2.75) is 12.3 Å². The van der Waals surface area contributed by atoms with Gasteiger partial charge in [-0.15, -0.1) is 0 Å². The Bertz CT molecular complexity index is 619. The smallest absolute Gasteiger partial charge is 0.143 e. The lowest BCUT2D eigenvalue weighted by Gasteiger charge is -2.18. The molecular weight excluding hydrogens is 348 g/mol. The third-order valence-corrected chi connectivity index (χ3v) is 4.18. The molecular formula is C15H13BrClF2N. The highest BCUT2D eigenvalue weighted by atomic mass is 79.9. The molecule has 0 aliphatic rings. The van der Waals surface area contributed by atoms with E-state index in [0.717, 1.165) is 5.56 Å². The summed E-state index contributed by atoms with van der Waals surface area (Å²) in [6.45, 7) is 0.259. The number of hydrogen-bond donors (Lipinski definition) is 1. The monoisotopic (exact) mass is 359 g/mol. The van der Waals surface area contributed by atoms with Gasteiger partial charge in [0.2, 0.25) is 0 Å². The first-order valence-corrected chi connectivity index (χ1v) is 7.28. The lowest BCUT2D eigenvalue weighted by Crippen LogP contribution is -2.17. The van der Waals surface area contributed by atoms with Gasteiger partial charge in [-0.05, 0) is 52.7 Å². The molecule has 5 heteroatoms. The van der Waals surface area contributed by atoms with Gasteiger partial charge in [0.15, 0.2) is 0 Å². The van der Waals surface area contributed by atoms with Gasteiger partial charge in [0.1, 0.15) is 11.6 Å². The quantitative estimate of drug-likeness (QED) is 0.788. The van der Waals surface area contributed by atoms with E-state index in [-0.39, 0.29) is 28.9 Å². The van der Waals surface area contributed by atoms with Crippen LogP contribution in [0.3, 0.4) is 0 Å². The van der Waals surface area contributed by atoms with Crippen molar-refractivity contribution in [1.82, 2.24) is 0 Å². The van der Waals surface area contributed by atoms with Crippen molar-refractivity contribution >= 4 is 27.5 Å². The van der Waals surface area contributed by atoms with Gasteiger partial charge in [-0.1, -0.05) is 29.8 Å². The summed E-state index contributed by atoms with van der Waals surface area (Å²) in [5.74, 6) is -1.39. The van der Waals surface area contributed by atoms with Gasteiger partial charge in [-0.2, -0.15) is 0 Å². The maximum Gasteiger partial charge on any atom is 0.143 e. The van der Waals surface area contributed by atoms with Gasteiger partial charge in [0, 0.05) is 16.5 Å². The molecule has 0 heterocycles. The van der Waals surface area contributed by atoms with Crippen LogP contribution in [0.5, 0.6) is 0 Å². The topological polar surface area (TPSA) is 26.0 Å². The normalized spacial score (nSPS) is 12.4. The van der Waals surface area contributed by atoms with Crippen LogP contribution in [0.1, 0.15) is 17.0 Å². The number of benzene rings is 2. The van der Waals surface area contributed by atoms with E-state index in [9.17, 15) is 8.78 Å². The third-order valence-electron chi connectivity index (χ3n) is 3.22. The highest BCUT2D eigenvalue weighted by Crippen LogP contribution is 2.30. The molecule has 2 aromatic carbocycles. The van der Waals surface area contributed by atoms with E-state index in [1.165, 1.54) is 12.1 Å². The maximum absolute atomic E-state index is 14.0. The second-order valence-electron chi connectivity index (χ2n) is 4.48. The van der Waals surface area contributed by atoms with Crippen LogP contribution < -0.4 is 5.73 Å². The molecule has 0 aliphatic carbocycles. The SMILES string of the molecule is NCC(Cc1c(F)ccc(Br)c1F)c1ccccc1Cl. The number of halogens is 4. The predicted molar refractivity (Wildman–Crippen MR) is 81.0 cm³/mol. The molecule has 0 aromatic heterocycles. The molecule has 0 radical (unpaired) electrons. The van der Waals surface area contributed by atoms with E-state index in [0.29, 0.717) is 5.02 Å². The van der Waals surface area contributed by atoms with Gasteiger partial charge < -0.3 is 5.73 Å². The highest BCUT2D eigenvalue weighted by Gasteiger charge is 2.19. The third kappa shape index (κ3) is 3.19. The van der Waals surface area contributed by atoms with E-state index in [4.69, 9.17) is 17.3 Å². The minimum absolute atomic E-state index is 0.0229. The minimum atomic E-state index is -0.587. The first kappa shape index (κ1) is 15.4. The second kappa shape index (κ2) is 6.66. The van der Waals surface area contributed by atoms with Gasteiger partial charge in [0.05, 0.1) is 4.47 Å². The Labute approximate surface area is 129 Å². The Hall–Kier alpha value is -0.970. The average Bonchev–Trinajstić information content (AvgIpc) is 2.45. The summed E-state index contributed by atoms with van der Waals surface area (Å²) in [6, 6.07) is 9.79. The van der Waals surface area contributed by atoms with Crippen LogP contribution in [0.25, 0.3) is 0 Å². The van der Waals surface area contributed by atoms with Gasteiger partial charge in [0.25, 0.3) is 0 Å². The van der Waals surface area contributed by atoms with Gasteiger partial charge in [-0.25, -0.2) is 8.78 Å². The second-order valence-corrected chi connectivity index (χ2v) is 5.74. The fraction of sp³-hybridized carbons (Fsp3) is 0.200. The van der Waals surface area contributed by atoms with Crippen molar-refractivity contribution in [3.63, 3.8) is 0 Å². The fourth-order valence-electron chi connectivity index (χ4n) is 2.13. The van der Waals surface area contributed by atoms with E-state index < -0.39 is 11.6 Å².